The Morgan fingerprint density at radius 3 is 2.38 bits per heavy atom. The molecule has 0 unspecified atom stereocenters. The molecule has 0 fully saturated rings. The van der Waals surface area contributed by atoms with Gasteiger partial charge in [0.25, 0.3) is 0 Å². The van der Waals surface area contributed by atoms with Gasteiger partial charge in [-0.25, -0.2) is 23.8 Å². The maximum absolute atomic E-state index is 14.5. The molecule has 0 spiro atoms. The van der Waals surface area contributed by atoms with Gasteiger partial charge in [0.1, 0.15) is 11.2 Å². The van der Waals surface area contributed by atoms with Crippen LogP contribution in [0.15, 0.2) is 18.2 Å². The van der Waals surface area contributed by atoms with Crippen LogP contribution in [0.3, 0.4) is 0 Å². The lowest BCUT2D eigenvalue weighted by Gasteiger charge is -2.23. The van der Waals surface area contributed by atoms with Gasteiger partial charge in [0, 0.05) is 17.5 Å². The molecule has 1 aromatic carbocycles. The Hall–Kier alpha value is -3.85. The van der Waals surface area contributed by atoms with Gasteiger partial charge in [-0.1, -0.05) is 11.8 Å². The summed E-state index contributed by atoms with van der Waals surface area (Å²) >= 11 is 1.03. The van der Waals surface area contributed by atoms with Gasteiger partial charge in [-0.05, 0) is 72.6 Å². The van der Waals surface area contributed by atoms with Crippen LogP contribution in [0.2, 0.25) is 0 Å². The zero-order chi connectivity index (χ0) is 29.4. The molecule has 0 radical (unpaired) electrons. The molecule has 212 valence electrons. The molecule has 0 saturated carbocycles. The number of aryl methyl sites for hydroxylation is 1. The number of thiazole rings is 1. The van der Waals surface area contributed by atoms with Crippen molar-refractivity contribution < 1.29 is 38.1 Å². The second-order valence-electron chi connectivity index (χ2n) is 10.5. The molecular formula is C27H34FN3O7S. The highest BCUT2D eigenvalue weighted by molar-refractivity contribution is 7.16. The predicted octanol–water partition coefficient (Wildman–Crippen LogP) is 5.56. The molecule has 12 heteroatoms. The normalized spacial score (nSPS) is 11.2. The Morgan fingerprint density at radius 2 is 1.79 bits per heavy atom. The monoisotopic (exact) mass is 563 g/mol. The number of hydrogen-bond donors (Lipinski definition) is 2. The third-order valence-electron chi connectivity index (χ3n) is 4.50. The molecule has 2 amide bonds. The summed E-state index contributed by atoms with van der Waals surface area (Å²) < 4.78 is 30.4. The summed E-state index contributed by atoms with van der Waals surface area (Å²) in [6, 6.07) is 4.28. The summed E-state index contributed by atoms with van der Waals surface area (Å²) in [5.41, 5.74) is -1.08. The zero-order valence-corrected chi connectivity index (χ0v) is 24.0. The summed E-state index contributed by atoms with van der Waals surface area (Å²) in [6.07, 6.45) is -0.560. The van der Waals surface area contributed by atoms with E-state index < -0.39 is 35.2 Å². The minimum atomic E-state index is -1.22. The molecule has 0 atom stereocenters. The molecule has 0 bridgehead atoms. The van der Waals surface area contributed by atoms with Gasteiger partial charge >= 0.3 is 18.2 Å². The van der Waals surface area contributed by atoms with E-state index in [1.807, 2.05) is 0 Å². The number of halogens is 1. The van der Waals surface area contributed by atoms with E-state index >= 15 is 0 Å². The van der Waals surface area contributed by atoms with E-state index in [1.165, 1.54) is 17.0 Å². The average molecular weight is 564 g/mol. The molecule has 0 aliphatic rings. The quantitative estimate of drug-likeness (QED) is 0.316. The fourth-order valence-electron chi connectivity index (χ4n) is 2.91. The van der Waals surface area contributed by atoms with Crippen LogP contribution in [0.25, 0.3) is 0 Å². The number of carbonyl (C=O) groups is 3. The summed E-state index contributed by atoms with van der Waals surface area (Å²) in [5, 5.41) is 12.0. The summed E-state index contributed by atoms with van der Waals surface area (Å²) in [5.74, 6) is 3.81. The first-order valence-corrected chi connectivity index (χ1v) is 12.9. The number of aromatic carboxylic acids is 1. The van der Waals surface area contributed by atoms with Crippen molar-refractivity contribution in [2.45, 2.75) is 65.6 Å². The predicted molar refractivity (Wildman–Crippen MR) is 145 cm³/mol. The number of nitrogens with zero attached hydrogens (tertiary/aromatic N) is 2. The highest BCUT2D eigenvalue weighted by Gasteiger charge is 2.22. The first kappa shape index (κ1) is 31.4. The van der Waals surface area contributed by atoms with E-state index in [4.69, 9.17) is 14.2 Å². The lowest BCUT2D eigenvalue weighted by molar-refractivity contribution is 0.0320. The number of aromatic nitrogens is 1. The molecule has 10 nitrogen and oxygen atoms in total. The van der Waals surface area contributed by atoms with E-state index in [-0.39, 0.29) is 29.7 Å². The maximum atomic E-state index is 14.5. The van der Waals surface area contributed by atoms with Crippen molar-refractivity contribution in [3.8, 4) is 17.6 Å². The smallest absolute Gasteiger partial charge is 0.413 e. The van der Waals surface area contributed by atoms with Crippen LogP contribution >= 0.6 is 11.3 Å². The SMILES string of the molecule is CN(CC#Cc1ccc(OCCCc2sc(NC(=O)OC(C)(C)C)nc2C(=O)O)c(F)c1)C(=O)OC(C)(C)C. The number of carboxylic acid groups (broad SMARTS) is 1. The average Bonchev–Trinajstić information content (AvgIpc) is 3.17. The van der Waals surface area contributed by atoms with E-state index in [9.17, 15) is 23.9 Å². The number of rotatable bonds is 8. The van der Waals surface area contributed by atoms with Crippen molar-refractivity contribution in [3.63, 3.8) is 0 Å². The van der Waals surface area contributed by atoms with Crippen LogP contribution in [0, 0.1) is 17.7 Å². The Bertz CT molecular complexity index is 1250. The topological polar surface area (TPSA) is 127 Å². The van der Waals surface area contributed by atoms with Gasteiger partial charge in [0.15, 0.2) is 22.4 Å². The summed E-state index contributed by atoms with van der Waals surface area (Å²) in [7, 11) is 1.56. The van der Waals surface area contributed by atoms with Crippen molar-refractivity contribution in [3.05, 3.63) is 40.2 Å². The van der Waals surface area contributed by atoms with Crippen molar-refractivity contribution >= 4 is 34.6 Å². The highest BCUT2D eigenvalue weighted by Crippen LogP contribution is 2.26. The first-order valence-electron chi connectivity index (χ1n) is 12.1. The number of anilines is 1. The number of hydrogen-bond acceptors (Lipinski definition) is 8. The molecular weight excluding hydrogens is 529 g/mol. The van der Waals surface area contributed by atoms with E-state index in [0.29, 0.717) is 23.3 Å². The number of ether oxygens (including phenoxy) is 3. The second-order valence-corrected chi connectivity index (χ2v) is 11.5. The van der Waals surface area contributed by atoms with Crippen LogP contribution in [0.1, 0.15) is 68.9 Å². The van der Waals surface area contributed by atoms with Gasteiger partial charge in [-0.2, -0.15) is 0 Å². The van der Waals surface area contributed by atoms with Crippen LogP contribution < -0.4 is 10.1 Å². The Labute approximate surface area is 231 Å². The zero-order valence-electron chi connectivity index (χ0n) is 23.1. The largest absolute Gasteiger partial charge is 0.491 e. The van der Waals surface area contributed by atoms with Crippen molar-refractivity contribution in [1.82, 2.24) is 9.88 Å². The van der Waals surface area contributed by atoms with Crippen molar-refractivity contribution in [1.29, 1.82) is 0 Å². The lowest BCUT2D eigenvalue weighted by Crippen LogP contribution is -2.34. The summed E-state index contributed by atoms with van der Waals surface area (Å²) in [4.78, 5) is 41.2. The van der Waals surface area contributed by atoms with E-state index in [2.05, 4.69) is 22.1 Å². The minimum Gasteiger partial charge on any atom is -0.491 e. The molecule has 2 aromatic rings. The standard InChI is InChI=1S/C27H34FN3O7S/c1-26(2,3)37-24(34)30-23-29-21(22(32)33)20(39-23)11-9-15-36-19-13-12-17(16-18(19)28)10-8-14-31(7)25(35)38-27(4,5)6/h12-13,16H,9,11,14-15H2,1-7H3,(H,32,33)(H,29,30,34). The van der Waals surface area contributed by atoms with Gasteiger partial charge in [-0.15, -0.1) is 11.3 Å². The highest BCUT2D eigenvalue weighted by atomic mass is 32.1. The fourth-order valence-corrected chi connectivity index (χ4v) is 3.89. The Morgan fingerprint density at radius 1 is 1.13 bits per heavy atom. The molecule has 39 heavy (non-hydrogen) atoms. The number of benzene rings is 1. The number of carboxylic acids is 1. The Kier molecular flexibility index (Phi) is 10.7. The first-order chi connectivity index (χ1) is 18.0. The fraction of sp³-hybridized carbons (Fsp3) is 0.481. The molecule has 0 aliphatic heterocycles. The summed E-state index contributed by atoms with van der Waals surface area (Å²) in [6.45, 7) is 10.7. The van der Waals surface area contributed by atoms with Crippen molar-refractivity contribution in [2.75, 3.05) is 25.5 Å². The molecule has 2 rings (SSSR count). The number of nitrogens with one attached hydrogen (secondary N) is 1. The Balaban J connectivity index is 1.90. The number of amides is 2. The van der Waals surface area contributed by atoms with Crippen LogP contribution in [0.4, 0.5) is 19.1 Å². The van der Waals surface area contributed by atoms with Gasteiger partial charge in [-0.3, -0.25) is 5.32 Å². The molecule has 0 aliphatic carbocycles. The molecule has 0 saturated heterocycles. The lowest BCUT2D eigenvalue weighted by atomic mass is 10.2. The molecule has 1 aromatic heterocycles. The van der Waals surface area contributed by atoms with Gasteiger partial charge < -0.3 is 24.2 Å². The van der Waals surface area contributed by atoms with Gasteiger partial charge in [0.05, 0.1) is 13.2 Å². The molecule has 2 N–H and O–H groups in total. The van der Waals surface area contributed by atoms with Gasteiger partial charge in [0.2, 0.25) is 0 Å². The van der Waals surface area contributed by atoms with Crippen LogP contribution in [-0.4, -0.2) is 64.5 Å². The van der Waals surface area contributed by atoms with Crippen LogP contribution in [0.5, 0.6) is 5.75 Å². The molecule has 1 heterocycles. The maximum Gasteiger partial charge on any atom is 0.413 e. The van der Waals surface area contributed by atoms with E-state index in [0.717, 1.165) is 11.3 Å². The number of carbonyl (C=O) groups excluding carboxylic acids is 2. The van der Waals surface area contributed by atoms with Crippen LogP contribution in [-0.2, 0) is 15.9 Å². The minimum absolute atomic E-state index is 0.0291. The third kappa shape index (κ3) is 11.2. The second kappa shape index (κ2) is 13.3. The third-order valence-corrected chi connectivity index (χ3v) is 5.53. The van der Waals surface area contributed by atoms with E-state index in [1.54, 1.807) is 54.7 Å². The van der Waals surface area contributed by atoms with Crippen molar-refractivity contribution in [2.24, 2.45) is 0 Å².